The largest absolute Gasteiger partial charge is 0.506 e. The number of carboxylic acid groups (broad SMARTS) is 1. The van der Waals surface area contributed by atoms with E-state index in [-0.39, 0.29) is 23.1 Å². The first-order chi connectivity index (χ1) is 6.93. The minimum atomic E-state index is -0.876. The van der Waals surface area contributed by atoms with Crippen molar-refractivity contribution in [1.29, 1.82) is 0 Å². The Balaban J connectivity index is 3.05. The lowest BCUT2D eigenvalue weighted by Crippen LogP contribution is -2.03. The highest BCUT2D eigenvalue weighted by atomic mass is 35.5. The smallest absolute Gasteiger partial charge is 0.303 e. The molecule has 82 valence electrons. The zero-order chi connectivity index (χ0) is 11.6. The molecular formula is C11H13ClO3. The summed E-state index contributed by atoms with van der Waals surface area (Å²) in [5.41, 5.74) is 1.36. The van der Waals surface area contributed by atoms with E-state index in [0.29, 0.717) is 11.1 Å². The van der Waals surface area contributed by atoms with Crippen molar-refractivity contribution < 1.29 is 15.0 Å². The van der Waals surface area contributed by atoms with Gasteiger partial charge in [0.25, 0.3) is 0 Å². The van der Waals surface area contributed by atoms with E-state index in [1.54, 1.807) is 26.0 Å². The minimum Gasteiger partial charge on any atom is -0.506 e. The molecule has 0 saturated heterocycles. The Hall–Kier alpha value is -1.22. The molecule has 15 heavy (non-hydrogen) atoms. The summed E-state index contributed by atoms with van der Waals surface area (Å²) in [6, 6.07) is 3.49. The second-order valence-electron chi connectivity index (χ2n) is 3.63. The first kappa shape index (κ1) is 11.9. The van der Waals surface area contributed by atoms with Crippen LogP contribution in [0.2, 0.25) is 5.02 Å². The second-order valence-corrected chi connectivity index (χ2v) is 4.01. The van der Waals surface area contributed by atoms with Gasteiger partial charge >= 0.3 is 5.97 Å². The summed E-state index contributed by atoms with van der Waals surface area (Å²) < 4.78 is 0. The molecule has 0 aliphatic rings. The molecule has 0 amide bonds. The molecule has 0 aliphatic heterocycles. The maximum absolute atomic E-state index is 10.5. The predicted octanol–water partition coefficient (Wildman–Crippen LogP) is 2.93. The van der Waals surface area contributed by atoms with E-state index < -0.39 is 5.97 Å². The van der Waals surface area contributed by atoms with Gasteiger partial charge in [-0.2, -0.15) is 0 Å². The monoisotopic (exact) mass is 228 g/mol. The van der Waals surface area contributed by atoms with Crippen LogP contribution >= 0.6 is 11.6 Å². The van der Waals surface area contributed by atoms with E-state index in [2.05, 4.69) is 0 Å². The maximum atomic E-state index is 10.5. The van der Waals surface area contributed by atoms with Crippen LogP contribution in [0.15, 0.2) is 12.1 Å². The average molecular weight is 229 g/mol. The number of rotatable bonds is 3. The summed E-state index contributed by atoms with van der Waals surface area (Å²) in [7, 11) is 0. The van der Waals surface area contributed by atoms with E-state index in [1.165, 1.54) is 0 Å². The molecule has 1 rings (SSSR count). The number of aromatic hydroxyl groups is 1. The van der Waals surface area contributed by atoms with Gasteiger partial charge in [-0.25, -0.2) is 0 Å². The second kappa shape index (κ2) is 4.53. The molecule has 1 aromatic carbocycles. The Labute approximate surface area is 93.3 Å². The van der Waals surface area contributed by atoms with Crippen molar-refractivity contribution in [2.75, 3.05) is 0 Å². The van der Waals surface area contributed by atoms with Crippen LogP contribution < -0.4 is 0 Å². The first-order valence-corrected chi connectivity index (χ1v) is 5.01. The molecule has 0 fully saturated rings. The van der Waals surface area contributed by atoms with Gasteiger partial charge in [-0.15, -0.1) is 0 Å². The van der Waals surface area contributed by atoms with Crippen molar-refractivity contribution in [2.24, 2.45) is 0 Å². The van der Waals surface area contributed by atoms with Gasteiger partial charge in [0.15, 0.2) is 0 Å². The number of aryl methyl sites for hydroxylation is 1. The fraction of sp³-hybridized carbons (Fsp3) is 0.364. The summed E-state index contributed by atoms with van der Waals surface area (Å²) in [5, 5.41) is 18.5. The Morgan fingerprint density at radius 3 is 2.67 bits per heavy atom. The van der Waals surface area contributed by atoms with Gasteiger partial charge in [-0.3, -0.25) is 4.79 Å². The Morgan fingerprint density at radius 1 is 1.53 bits per heavy atom. The zero-order valence-electron chi connectivity index (χ0n) is 8.62. The maximum Gasteiger partial charge on any atom is 0.303 e. The molecule has 0 bridgehead atoms. The molecule has 0 aliphatic carbocycles. The summed E-state index contributed by atoms with van der Waals surface area (Å²) in [6.07, 6.45) is 0.00220. The van der Waals surface area contributed by atoms with Crippen LogP contribution in [0.4, 0.5) is 0 Å². The normalized spacial score (nSPS) is 12.5. The zero-order valence-corrected chi connectivity index (χ0v) is 9.38. The fourth-order valence-electron chi connectivity index (χ4n) is 1.43. The quantitative estimate of drug-likeness (QED) is 0.836. The van der Waals surface area contributed by atoms with Crippen LogP contribution in [-0.4, -0.2) is 16.2 Å². The van der Waals surface area contributed by atoms with Gasteiger partial charge in [0.1, 0.15) is 5.75 Å². The highest BCUT2D eigenvalue weighted by Gasteiger charge is 2.16. The van der Waals surface area contributed by atoms with Crippen molar-refractivity contribution in [2.45, 2.75) is 26.2 Å². The number of carboxylic acids is 1. The SMILES string of the molecule is Cc1ccc(C(C)CC(=O)O)c(Cl)c1O. The predicted molar refractivity (Wildman–Crippen MR) is 58.5 cm³/mol. The lowest BCUT2D eigenvalue weighted by molar-refractivity contribution is -0.137. The molecule has 1 atom stereocenters. The van der Waals surface area contributed by atoms with Crippen LogP contribution in [0.3, 0.4) is 0 Å². The topological polar surface area (TPSA) is 57.5 Å². The van der Waals surface area contributed by atoms with E-state index in [9.17, 15) is 9.90 Å². The van der Waals surface area contributed by atoms with E-state index in [0.717, 1.165) is 0 Å². The van der Waals surface area contributed by atoms with Crippen LogP contribution in [0.1, 0.15) is 30.4 Å². The molecule has 0 spiro atoms. The Morgan fingerprint density at radius 2 is 2.13 bits per heavy atom. The summed E-state index contributed by atoms with van der Waals surface area (Å²) in [4.78, 5) is 10.5. The molecule has 0 saturated carbocycles. The number of hydrogen-bond acceptors (Lipinski definition) is 2. The molecule has 2 N–H and O–H groups in total. The lowest BCUT2D eigenvalue weighted by atomic mass is 9.96. The van der Waals surface area contributed by atoms with Crippen molar-refractivity contribution in [3.05, 3.63) is 28.3 Å². The van der Waals surface area contributed by atoms with E-state index >= 15 is 0 Å². The van der Waals surface area contributed by atoms with Crippen molar-refractivity contribution >= 4 is 17.6 Å². The molecule has 0 aromatic heterocycles. The molecule has 3 nitrogen and oxygen atoms in total. The number of hydrogen-bond donors (Lipinski definition) is 2. The number of phenolic OH excluding ortho intramolecular Hbond substituents is 1. The van der Waals surface area contributed by atoms with Crippen LogP contribution in [0, 0.1) is 6.92 Å². The highest BCUT2D eigenvalue weighted by molar-refractivity contribution is 6.33. The van der Waals surface area contributed by atoms with Crippen molar-refractivity contribution in [3.8, 4) is 5.75 Å². The molecule has 1 unspecified atom stereocenters. The van der Waals surface area contributed by atoms with Gasteiger partial charge in [0.2, 0.25) is 0 Å². The summed E-state index contributed by atoms with van der Waals surface area (Å²) in [6.45, 7) is 3.51. The number of aliphatic carboxylic acids is 1. The van der Waals surface area contributed by atoms with Crippen LogP contribution in [0.25, 0.3) is 0 Å². The molecule has 1 aromatic rings. The number of carbonyl (C=O) groups is 1. The standard InChI is InChI=1S/C11H13ClO3/c1-6-3-4-8(10(12)11(6)15)7(2)5-9(13)14/h3-4,7,15H,5H2,1-2H3,(H,13,14). The van der Waals surface area contributed by atoms with Crippen molar-refractivity contribution in [1.82, 2.24) is 0 Å². The average Bonchev–Trinajstić information content (AvgIpc) is 2.13. The fourth-order valence-corrected chi connectivity index (χ4v) is 1.83. The third-order valence-corrected chi connectivity index (χ3v) is 2.76. The van der Waals surface area contributed by atoms with Gasteiger partial charge in [-0.05, 0) is 24.0 Å². The van der Waals surface area contributed by atoms with Gasteiger partial charge < -0.3 is 10.2 Å². The third-order valence-electron chi connectivity index (χ3n) is 2.36. The Bertz CT molecular complexity index is 388. The third kappa shape index (κ3) is 2.63. The molecule has 0 heterocycles. The van der Waals surface area contributed by atoms with E-state index in [1.807, 2.05) is 0 Å². The first-order valence-electron chi connectivity index (χ1n) is 4.63. The van der Waals surface area contributed by atoms with Gasteiger partial charge in [0.05, 0.1) is 11.4 Å². The van der Waals surface area contributed by atoms with Crippen LogP contribution in [0.5, 0.6) is 5.75 Å². The Kier molecular flexibility index (Phi) is 3.58. The van der Waals surface area contributed by atoms with Gasteiger partial charge in [0, 0.05) is 0 Å². The number of benzene rings is 1. The molecular weight excluding hydrogens is 216 g/mol. The summed E-state index contributed by atoms with van der Waals surface area (Å²) in [5.74, 6) is -1.05. The molecule has 4 heteroatoms. The van der Waals surface area contributed by atoms with Crippen LogP contribution in [-0.2, 0) is 4.79 Å². The van der Waals surface area contributed by atoms with Crippen molar-refractivity contribution in [3.63, 3.8) is 0 Å². The lowest BCUT2D eigenvalue weighted by Gasteiger charge is -2.13. The number of phenols is 1. The summed E-state index contributed by atoms with van der Waals surface area (Å²) >= 11 is 5.93. The number of halogens is 1. The van der Waals surface area contributed by atoms with Gasteiger partial charge in [-0.1, -0.05) is 30.7 Å². The minimum absolute atomic E-state index is 0.00220. The highest BCUT2D eigenvalue weighted by Crippen LogP contribution is 2.35. The molecule has 0 radical (unpaired) electrons. The van der Waals surface area contributed by atoms with E-state index in [4.69, 9.17) is 16.7 Å².